The first-order chi connectivity index (χ1) is 8.49. The van der Waals surface area contributed by atoms with Crippen LogP contribution in [-0.4, -0.2) is 27.3 Å². The molecule has 1 N–H and O–H groups in total. The van der Waals surface area contributed by atoms with Crippen LogP contribution in [0.2, 0.25) is 0 Å². The van der Waals surface area contributed by atoms with Crippen LogP contribution in [0.25, 0.3) is 0 Å². The van der Waals surface area contributed by atoms with Gasteiger partial charge >= 0.3 is 0 Å². The highest BCUT2D eigenvalue weighted by atomic mass is 32.2. The summed E-state index contributed by atoms with van der Waals surface area (Å²) < 4.78 is 24.2. The molecule has 102 valence electrons. The first-order valence-corrected chi connectivity index (χ1v) is 8.11. The van der Waals surface area contributed by atoms with E-state index in [9.17, 15) is 8.42 Å². The lowest BCUT2D eigenvalue weighted by molar-refractivity contribution is 0.500. The number of hydrogen-bond donors (Lipinski definition) is 1. The minimum atomic E-state index is -3.12. The van der Waals surface area contributed by atoms with Gasteiger partial charge in [0.05, 0.1) is 10.6 Å². The normalized spacial score (nSPS) is 13.5. The van der Waals surface area contributed by atoms with Crippen molar-refractivity contribution < 1.29 is 8.42 Å². The van der Waals surface area contributed by atoms with Crippen LogP contribution in [0.3, 0.4) is 0 Å². The predicted octanol–water partition coefficient (Wildman–Crippen LogP) is 2.55. The maximum absolute atomic E-state index is 12.1. The number of benzene rings is 1. The van der Waals surface area contributed by atoms with Crippen LogP contribution in [0.15, 0.2) is 29.2 Å². The average molecular weight is 269 g/mol. The number of hydrogen-bond acceptors (Lipinski definition) is 3. The van der Waals surface area contributed by atoms with Crippen LogP contribution in [0.5, 0.6) is 0 Å². The molecule has 0 spiro atoms. The van der Waals surface area contributed by atoms with E-state index in [1.54, 1.807) is 12.1 Å². The standard InChI is InChI=1S/C14H23NO2S/c1-4-13(15-3)6-5-11-18(16,17)14-9-7-12(2)8-10-14/h7-10,13,15H,4-6,11H2,1-3H3. The summed E-state index contributed by atoms with van der Waals surface area (Å²) >= 11 is 0. The second-order valence-corrected chi connectivity index (χ2v) is 6.78. The summed E-state index contributed by atoms with van der Waals surface area (Å²) in [7, 11) is -1.20. The van der Waals surface area contributed by atoms with Gasteiger partial charge in [-0.05, 0) is 45.4 Å². The third-order valence-electron chi connectivity index (χ3n) is 3.25. The third kappa shape index (κ3) is 4.42. The van der Waals surface area contributed by atoms with Crippen molar-refractivity contribution in [2.24, 2.45) is 0 Å². The number of aryl methyl sites for hydroxylation is 1. The molecule has 0 saturated heterocycles. The van der Waals surface area contributed by atoms with E-state index < -0.39 is 9.84 Å². The van der Waals surface area contributed by atoms with Gasteiger partial charge in [0, 0.05) is 6.04 Å². The van der Waals surface area contributed by atoms with Crippen molar-refractivity contribution in [3.8, 4) is 0 Å². The maximum Gasteiger partial charge on any atom is 0.178 e. The van der Waals surface area contributed by atoms with Crippen molar-refractivity contribution in [2.45, 2.75) is 44.0 Å². The Morgan fingerprint density at radius 3 is 2.33 bits per heavy atom. The van der Waals surface area contributed by atoms with Crippen molar-refractivity contribution >= 4 is 9.84 Å². The molecule has 1 aromatic carbocycles. The molecule has 18 heavy (non-hydrogen) atoms. The Morgan fingerprint density at radius 1 is 1.22 bits per heavy atom. The molecule has 0 aromatic heterocycles. The molecule has 0 aliphatic heterocycles. The molecular formula is C14H23NO2S. The number of rotatable bonds is 7. The monoisotopic (exact) mass is 269 g/mol. The number of sulfone groups is 1. The fourth-order valence-corrected chi connectivity index (χ4v) is 3.27. The van der Waals surface area contributed by atoms with Crippen LogP contribution in [0, 0.1) is 6.92 Å². The van der Waals surface area contributed by atoms with Gasteiger partial charge in [0.2, 0.25) is 0 Å². The molecule has 0 aliphatic rings. The number of nitrogens with one attached hydrogen (secondary N) is 1. The molecule has 0 fully saturated rings. The van der Waals surface area contributed by atoms with E-state index >= 15 is 0 Å². The zero-order valence-corrected chi connectivity index (χ0v) is 12.3. The zero-order valence-electron chi connectivity index (χ0n) is 11.4. The minimum absolute atomic E-state index is 0.230. The Hall–Kier alpha value is -0.870. The molecule has 1 aromatic rings. The van der Waals surface area contributed by atoms with Crippen molar-refractivity contribution in [2.75, 3.05) is 12.8 Å². The summed E-state index contributed by atoms with van der Waals surface area (Å²) in [6, 6.07) is 7.49. The topological polar surface area (TPSA) is 46.2 Å². The van der Waals surface area contributed by atoms with Crippen molar-refractivity contribution in [1.29, 1.82) is 0 Å². The molecule has 0 amide bonds. The fourth-order valence-electron chi connectivity index (χ4n) is 1.94. The van der Waals surface area contributed by atoms with E-state index in [4.69, 9.17) is 0 Å². The van der Waals surface area contributed by atoms with Gasteiger partial charge in [-0.15, -0.1) is 0 Å². The second kappa shape index (κ2) is 6.90. The van der Waals surface area contributed by atoms with E-state index in [2.05, 4.69) is 12.2 Å². The van der Waals surface area contributed by atoms with Gasteiger partial charge in [0.1, 0.15) is 0 Å². The van der Waals surface area contributed by atoms with Gasteiger partial charge in [0.25, 0.3) is 0 Å². The van der Waals surface area contributed by atoms with Gasteiger partial charge in [-0.3, -0.25) is 0 Å². The van der Waals surface area contributed by atoms with Crippen LogP contribution in [0.4, 0.5) is 0 Å². The predicted molar refractivity (Wildman–Crippen MR) is 75.6 cm³/mol. The quantitative estimate of drug-likeness (QED) is 0.827. The molecule has 1 rings (SSSR count). The van der Waals surface area contributed by atoms with E-state index in [1.165, 1.54) is 0 Å². The largest absolute Gasteiger partial charge is 0.317 e. The van der Waals surface area contributed by atoms with Gasteiger partial charge in [-0.1, -0.05) is 24.6 Å². The molecule has 1 atom stereocenters. The van der Waals surface area contributed by atoms with Crippen molar-refractivity contribution in [3.05, 3.63) is 29.8 Å². The summed E-state index contributed by atoms with van der Waals surface area (Å²) in [5, 5.41) is 3.19. The first kappa shape index (κ1) is 15.2. The lowest BCUT2D eigenvalue weighted by atomic mass is 10.1. The summed E-state index contributed by atoms with van der Waals surface area (Å²) in [6.07, 6.45) is 2.63. The van der Waals surface area contributed by atoms with Crippen LogP contribution in [-0.2, 0) is 9.84 Å². The van der Waals surface area contributed by atoms with E-state index in [-0.39, 0.29) is 5.75 Å². The highest BCUT2D eigenvalue weighted by Gasteiger charge is 2.14. The van der Waals surface area contributed by atoms with Gasteiger partial charge in [-0.25, -0.2) is 8.42 Å². The summed E-state index contributed by atoms with van der Waals surface area (Å²) in [5.41, 5.74) is 1.08. The third-order valence-corrected chi connectivity index (χ3v) is 5.06. The molecule has 0 saturated carbocycles. The Morgan fingerprint density at radius 2 is 1.83 bits per heavy atom. The summed E-state index contributed by atoms with van der Waals surface area (Å²) in [5.74, 6) is 0.230. The lowest BCUT2D eigenvalue weighted by Gasteiger charge is -2.13. The average Bonchev–Trinajstić information content (AvgIpc) is 2.35. The Balaban J connectivity index is 2.57. The van der Waals surface area contributed by atoms with Crippen molar-refractivity contribution in [3.63, 3.8) is 0 Å². The van der Waals surface area contributed by atoms with Crippen LogP contribution in [0.1, 0.15) is 31.7 Å². The molecular weight excluding hydrogens is 246 g/mol. The molecule has 0 heterocycles. The first-order valence-electron chi connectivity index (χ1n) is 6.46. The fraction of sp³-hybridized carbons (Fsp3) is 0.571. The lowest BCUT2D eigenvalue weighted by Crippen LogP contribution is -2.24. The molecule has 1 unspecified atom stereocenters. The zero-order chi connectivity index (χ0) is 13.6. The van der Waals surface area contributed by atoms with E-state index in [0.717, 1.165) is 18.4 Å². The van der Waals surface area contributed by atoms with Gasteiger partial charge in [-0.2, -0.15) is 0 Å². The second-order valence-electron chi connectivity index (χ2n) is 4.67. The van der Waals surface area contributed by atoms with Crippen LogP contribution >= 0.6 is 0 Å². The van der Waals surface area contributed by atoms with E-state index in [1.807, 2.05) is 26.1 Å². The van der Waals surface area contributed by atoms with Crippen molar-refractivity contribution in [1.82, 2.24) is 5.32 Å². The Kier molecular flexibility index (Phi) is 5.82. The highest BCUT2D eigenvalue weighted by molar-refractivity contribution is 7.91. The molecule has 0 radical (unpaired) electrons. The maximum atomic E-state index is 12.1. The summed E-state index contributed by atoms with van der Waals surface area (Å²) in [4.78, 5) is 0.436. The highest BCUT2D eigenvalue weighted by Crippen LogP contribution is 2.14. The minimum Gasteiger partial charge on any atom is -0.317 e. The van der Waals surface area contributed by atoms with E-state index in [0.29, 0.717) is 17.4 Å². The Labute approximate surface area is 111 Å². The molecule has 3 nitrogen and oxygen atoms in total. The SMILES string of the molecule is CCC(CCCS(=O)(=O)c1ccc(C)cc1)NC. The van der Waals surface area contributed by atoms with Gasteiger partial charge in [0.15, 0.2) is 9.84 Å². The smallest absolute Gasteiger partial charge is 0.178 e. The molecule has 4 heteroatoms. The Bertz CT molecular complexity index is 447. The summed E-state index contributed by atoms with van der Waals surface area (Å²) in [6.45, 7) is 4.06. The molecule has 0 bridgehead atoms. The molecule has 0 aliphatic carbocycles. The van der Waals surface area contributed by atoms with Gasteiger partial charge < -0.3 is 5.32 Å². The van der Waals surface area contributed by atoms with Crippen LogP contribution < -0.4 is 5.32 Å².